The molecule has 0 spiro atoms. The van der Waals surface area contributed by atoms with E-state index in [4.69, 9.17) is 4.74 Å². The molecule has 1 amide bonds. The lowest BCUT2D eigenvalue weighted by atomic mass is 9.92. The number of Topliss-reactive ketones (excluding diaryl/α,β-unsaturated/α-hetero) is 1. The molecule has 182 valence electrons. The molecule has 7 nitrogen and oxygen atoms in total. The lowest BCUT2D eigenvalue weighted by Crippen LogP contribution is -2.48. The van der Waals surface area contributed by atoms with Crippen molar-refractivity contribution >= 4 is 11.7 Å². The first-order valence-electron chi connectivity index (χ1n) is 10.9. The predicted octanol–water partition coefficient (Wildman–Crippen LogP) is 3.54. The Hall–Kier alpha value is -3.95. The zero-order valence-electron chi connectivity index (χ0n) is 18.8. The van der Waals surface area contributed by atoms with Crippen LogP contribution in [0.1, 0.15) is 34.0 Å². The van der Waals surface area contributed by atoms with Crippen LogP contribution < -0.4 is 10.3 Å². The number of nitrogens with zero attached hydrogens (tertiary/aromatic N) is 3. The number of carbonyl (C=O) groups excluding carboxylic acids is 2. The van der Waals surface area contributed by atoms with Crippen LogP contribution in [0.3, 0.4) is 0 Å². The second-order valence-electron chi connectivity index (χ2n) is 8.35. The Morgan fingerprint density at radius 3 is 2.51 bits per heavy atom. The highest BCUT2D eigenvalue weighted by atomic mass is 19.4. The summed E-state index contributed by atoms with van der Waals surface area (Å²) >= 11 is 0. The number of amides is 1. The zero-order chi connectivity index (χ0) is 25.2. The van der Waals surface area contributed by atoms with E-state index in [9.17, 15) is 27.6 Å². The molecule has 0 bridgehead atoms. The highest BCUT2D eigenvalue weighted by molar-refractivity contribution is 5.96. The van der Waals surface area contributed by atoms with Crippen LogP contribution in [0, 0.1) is 0 Å². The van der Waals surface area contributed by atoms with Crippen LogP contribution in [0.2, 0.25) is 0 Å². The van der Waals surface area contributed by atoms with Crippen molar-refractivity contribution in [1.82, 2.24) is 14.7 Å². The second kappa shape index (κ2) is 9.73. The van der Waals surface area contributed by atoms with E-state index >= 15 is 0 Å². The summed E-state index contributed by atoms with van der Waals surface area (Å²) in [5, 5.41) is 4.00. The summed E-state index contributed by atoms with van der Waals surface area (Å²) in [6.07, 6.45) is -3.38. The van der Waals surface area contributed by atoms with Crippen molar-refractivity contribution in [2.24, 2.45) is 0 Å². The highest BCUT2D eigenvalue weighted by Gasteiger charge is 2.45. The third-order valence-corrected chi connectivity index (χ3v) is 5.81. The van der Waals surface area contributed by atoms with Gasteiger partial charge in [-0.1, -0.05) is 42.5 Å². The van der Waals surface area contributed by atoms with Crippen LogP contribution in [-0.2, 0) is 30.9 Å². The summed E-state index contributed by atoms with van der Waals surface area (Å²) in [4.78, 5) is 37.7. The molecule has 0 saturated heterocycles. The molecule has 1 unspecified atom stereocenters. The topological polar surface area (TPSA) is 81.5 Å². The Morgan fingerprint density at radius 1 is 1.09 bits per heavy atom. The van der Waals surface area contributed by atoms with Gasteiger partial charge in [-0.15, -0.1) is 0 Å². The predicted molar refractivity (Wildman–Crippen MR) is 120 cm³/mol. The van der Waals surface area contributed by atoms with E-state index in [-0.39, 0.29) is 37.4 Å². The van der Waals surface area contributed by atoms with Gasteiger partial charge in [0.25, 0.3) is 5.56 Å². The number of hydrogen-bond acceptors (Lipinski definition) is 5. The fraction of sp³-hybridized carbons (Fsp3) is 0.280. The van der Waals surface area contributed by atoms with E-state index < -0.39 is 29.5 Å². The van der Waals surface area contributed by atoms with E-state index in [1.807, 2.05) is 30.3 Å². The van der Waals surface area contributed by atoms with Gasteiger partial charge in [0, 0.05) is 24.2 Å². The smallest absolute Gasteiger partial charge is 0.471 e. The molecule has 1 aromatic heterocycles. The van der Waals surface area contributed by atoms with Gasteiger partial charge in [0.05, 0.1) is 6.20 Å². The molecule has 2 aromatic carbocycles. The maximum atomic E-state index is 12.9. The molecule has 2 heterocycles. The fourth-order valence-corrected chi connectivity index (χ4v) is 3.93. The number of halogens is 3. The number of aromatic nitrogens is 2. The molecule has 1 aliphatic heterocycles. The number of fused-ring (bicyclic) bond motifs is 1. The largest absolute Gasteiger partial charge is 0.487 e. The number of ether oxygens (including phenoxy) is 1. The third kappa shape index (κ3) is 5.59. The average Bonchev–Trinajstić information content (AvgIpc) is 2.83. The minimum absolute atomic E-state index is 0.218. The minimum Gasteiger partial charge on any atom is -0.487 e. The van der Waals surface area contributed by atoms with Crippen molar-refractivity contribution in [2.45, 2.75) is 45.3 Å². The Balaban J connectivity index is 1.45. The molecule has 4 rings (SSSR count). The van der Waals surface area contributed by atoms with Crippen LogP contribution in [-0.4, -0.2) is 38.6 Å². The standard InChI is InChI=1S/C25H22F3N3O4/c1-16-9-18-7-8-19(10-20(18)13-30(16)24(34)25(26,27)28)22(32)14-31-23(33)11-21(12-29-31)35-15-17-5-3-2-4-6-17/h2-8,10-12,16H,9,13-15H2,1H3. The average molecular weight is 485 g/mol. The van der Waals surface area contributed by atoms with Gasteiger partial charge >= 0.3 is 12.1 Å². The molecular formula is C25H22F3N3O4. The van der Waals surface area contributed by atoms with Gasteiger partial charge in [-0.25, -0.2) is 4.68 Å². The van der Waals surface area contributed by atoms with Crippen LogP contribution >= 0.6 is 0 Å². The van der Waals surface area contributed by atoms with Crippen molar-refractivity contribution in [1.29, 1.82) is 0 Å². The quantitative estimate of drug-likeness (QED) is 0.499. The van der Waals surface area contributed by atoms with Crippen molar-refractivity contribution < 1.29 is 27.5 Å². The molecule has 0 aliphatic carbocycles. The van der Waals surface area contributed by atoms with Gasteiger partial charge < -0.3 is 9.64 Å². The molecule has 0 fully saturated rings. The molecule has 3 aromatic rings. The first-order chi connectivity index (χ1) is 16.6. The van der Waals surface area contributed by atoms with Gasteiger partial charge in [0.2, 0.25) is 0 Å². The fourth-order valence-electron chi connectivity index (χ4n) is 3.93. The Kier molecular flexibility index (Phi) is 6.72. The van der Waals surface area contributed by atoms with Gasteiger partial charge in [0.1, 0.15) is 18.9 Å². The Morgan fingerprint density at radius 2 is 1.83 bits per heavy atom. The Labute approximate surface area is 198 Å². The Bertz CT molecular complexity index is 1310. The summed E-state index contributed by atoms with van der Waals surface area (Å²) in [5.41, 5.74) is 1.85. The minimum atomic E-state index is -4.97. The lowest BCUT2D eigenvalue weighted by Gasteiger charge is -2.35. The SMILES string of the molecule is CC1Cc2ccc(C(=O)Cn3ncc(OCc4ccccc4)cc3=O)cc2CN1C(=O)C(F)(F)F. The van der Waals surface area contributed by atoms with E-state index in [1.54, 1.807) is 19.1 Å². The normalized spacial score (nSPS) is 15.4. The molecule has 10 heteroatoms. The number of carbonyl (C=O) groups is 2. The third-order valence-electron chi connectivity index (χ3n) is 5.81. The second-order valence-corrected chi connectivity index (χ2v) is 8.35. The van der Waals surface area contributed by atoms with Crippen molar-refractivity contribution in [2.75, 3.05) is 0 Å². The first-order valence-corrected chi connectivity index (χ1v) is 10.9. The molecule has 0 N–H and O–H groups in total. The monoisotopic (exact) mass is 485 g/mol. The van der Waals surface area contributed by atoms with Gasteiger partial charge in [-0.2, -0.15) is 18.3 Å². The molecule has 0 radical (unpaired) electrons. The van der Waals surface area contributed by atoms with Crippen molar-refractivity contribution in [3.8, 4) is 5.75 Å². The van der Waals surface area contributed by atoms with Crippen LogP contribution in [0.5, 0.6) is 5.75 Å². The number of rotatable bonds is 6. The molecule has 35 heavy (non-hydrogen) atoms. The first kappa shape index (κ1) is 24.2. The number of benzene rings is 2. The van der Waals surface area contributed by atoms with E-state index in [0.29, 0.717) is 5.56 Å². The zero-order valence-corrected chi connectivity index (χ0v) is 18.8. The van der Waals surface area contributed by atoms with Crippen LogP contribution in [0.25, 0.3) is 0 Å². The summed E-state index contributed by atoms with van der Waals surface area (Å²) in [5.74, 6) is -2.08. The number of ketones is 1. The van der Waals surface area contributed by atoms with Crippen LogP contribution in [0.4, 0.5) is 13.2 Å². The van der Waals surface area contributed by atoms with Crippen molar-refractivity contribution in [3.63, 3.8) is 0 Å². The summed E-state index contributed by atoms with van der Waals surface area (Å²) < 4.78 is 45.4. The number of alkyl halides is 3. The molecule has 0 saturated carbocycles. The lowest BCUT2D eigenvalue weighted by molar-refractivity contribution is -0.188. The maximum absolute atomic E-state index is 12.9. The van der Waals surface area contributed by atoms with E-state index in [0.717, 1.165) is 20.7 Å². The van der Waals surface area contributed by atoms with Gasteiger partial charge in [-0.05, 0) is 36.1 Å². The summed E-state index contributed by atoms with van der Waals surface area (Å²) in [6.45, 7) is 1.21. The van der Waals surface area contributed by atoms with E-state index in [1.165, 1.54) is 18.3 Å². The van der Waals surface area contributed by atoms with E-state index in [2.05, 4.69) is 5.10 Å². The van der Waals surface area contributed by atoms with Crippen LogP contribution in [0.15, 0.2) is 65.6 Å². The molecular weight excluding hydrogens is 463 g/mol. The van der Waals surface area contributed by atoms with Gasteiger partial charge in [-0.3, -0.25) is 14.4 Å². The number of hydrogen-bond donors (Lipinski definition) is 0. The highest BCUT2D eigenvalue weighted by Crippen LogP contribution is 2.29. The van der Waals surface area contributed by atoms with Gasteiger partial charge in [0.15, 0.2) is 5.78 Å². The maximum Gasteiger partial charge on any atom is 0.471 e. The summed E-state index contributed by atoms with van der Waals surface area (Å²) in [7, 11) is 0. The molecule has 1 aliphatic rings. The molecule has 1 atom stereocenters. The van der Waals surface area contributed by atoms with Crippen molar-refractivity contribution in [3.05, 3.63) is 93.4 Å². The summed E-state index contributed by atoms with van der Waals surface area (Å²) in [6, 6.07) is 14.7.